The van der Waals surface area contributed by atoms with Gasteiger partial charge < -0.3 is 4.74 Å². The molecule has 0 N–H and O–H groups in total. The van der Waals surface area contributed by atoms with E-state index in [0.29, 0.717) is 5.75 Å². The molecule has 0 bridgehead atoms. The van der Waals surface area contributed by atoms with Crippen molar-refractivity contribution in [2.75, 3.05) is 0 Å². The molecular formula is C17H15BrFNO. The van der Waals surface area contributed by atoms with Gasteiger partial charge in [0.25, 0.3) is 0 Å². The maximum Gasteiger partial charge on any atom is 0.181 e. The van der Waals surface area contributed by atoms with Crippen molar-refractivity contribution in [2.24, 2.45) is 0 Å². The molecule has 108 valence electrons. The van der Waals surface area contributed by atoms with Gasteiger partial charge in [-0.25, -0.2) is 4.39 Å². The SMILES string of the molecule is CC(C)(C)c1ccccc1Oc1ccc(C#N)c(Br)c1F. The second kappa shape index (κ2) is 5.87. The van der Waals surface area contributed by atoms with Crippen LogP contribution >= 0.6 is 15.9 Å². The highest BCUT2D eigenvalue weighted by atomic mass is 79.9. The van der Waals surface area contributed by atoms with Crippen molar-refractivity contribution in [2.45, 2.75) is 26.2 Å². The summed E-state index contributed by atoms with van der Waals surface area (Å²) in [4.78, 5) is 0. The Morgan fingerprint density at radius 1 is 1.10 bits per heavy atom. The Hall–Kier alpha value is -1.86. The van der Waals surface area contributed by atoms with Gasteiger partial charge in [-0.1, -0.05) is 39.0 Å². The maximum absolute atomic E-state index is 14.2. The van der Waals surface area contributed by atoms with Crippen LogP contribution in [0.1, 0.15) is 31.9 Å². The highest BCUT2D eigenvalue weighted by Crippen LogP contribution is 2.36. The van der Waals surface area contributed by atoms with Crippen molar-refractivity contribution in [3.05, 3.63) is 57.8 Å². The van der Waals surface area contributed by atoms with E-state index < -0.39 is 5.82 Å². The van der Waals surface area contributed by atoms with E-state index in [1.54, 1.807) is 0 Å². The first-order valence-corrected chi connectivity index (χ1v) is 7.29. The van der Waals surface area contributed by atoms with E-state index in [0.717, 1.165) is 5.56 Å². The van der Waals surface area contributed by atoms with Crippen LogP contribution in [-0.4, -0.2) is 0 Å². The summed E-state index contributed by atoms with van der Waals surface area (Å²) in [5.41, 5.74) is 1.12. The number of para-hydroxylation sites is 1. The van der Waals surface area contributed by atoms with E-state index in [1.165, 1.54) is 12.1 Å². The molecule has 0 aliphatic carbocycles. The molecule has 0 spiro atoms. The van der Waals surface area contributed by atoms with E-state index in [-0.39, 0.29) is 21.2 Å². The van der Waals surface area contributed by atoms with Crippen molar-refractivity contribution < 1.29 is 9.13 Å². The molecule has 2 aromatic carbocycles. The summed E-state index contributed by atoms with van der Waals surface area (Å²) in [5.74, 6) is 0.135. The van der Waals surface area contributed by atoms with Gasteiger partial charge in [-0.05, 0) is 39.5 Å². The topological polar surface area (TPSA) is 33.0 Å². The third kappa shape index (κ3) is 3.25. The lowest BCUT2D eigenvalue weighted by molar-refractivity contribution is 0.423. The van der Waals surface area contributed by atoms with Crippen molar-refractivity contribution in [1.82, 2.24) is 0 Å². The summed E-state index contributed by atoms with van der Waals surface area (Å²) in [6.07, 6.45) is 0. The Kier molecular flexibility index (Phi) is 4.34. The third-order valence-electron chi connectivity index (χ3n) is 3.08. The Morgan fingerprint density at radius 2 is 1.76 bits per heavy atom. The second-order valence-electron chi connectivity index (χ2n) is 5.70. The minimum Gasteiger partial charge on any atom is -0.454 e. The van der Waals surface area contributed by atoms with Crippen molar-refractivity contribution in [1.29, 1.82) is 5.26 Å². The van der Waals surface area contributed by atoms with E-state index in [9.17, 15) is 4.39 Å². The molecule has 0 aliphatic heterocycles. The van der Waals surface area contributed by atoms with Gasteiger partial charge >= 0.3 is 0 Å². The van der Waals surface area contributed by atoms with E-state index in [4.69, 9.17) is 10.00 Å². The molecule has 0 unspecified atom stereocenters. The Bertz CT molecular complexity index is 714. The lowest BCUT2D eigenvalue weighted by Gasteiger charge is -2.22. The number of nitrogens with zero attached hydrogens (tertiary/aromatic N) is 1. The monoisotopic (exact) mass is 347 g/mol. The van der Waals surface area contributed by atoms with Gasteiger partial charge in [-0.2, -0.15) is 5.26 Å². The molecule has 2 rings (SSSR count). The summed E-state index contributed by atoms with van der Waals surface area (Å²) in [7, 11) is 0. The van der Waals surface area contributed by atoms with Crippen LogP contribution in [0, 0.1) is 17.1 Å². The molecule has 2 nitrogen and oxygen atoms in total. The number of hydrogen-bond acceptors (Lipinski definition) is 2. The number of nitriles is 1. The van der Waals surface area contributed by atoms with Gasteiger partial charge in [-0.3, -0.25) is 0 Å². The number of hydrogen-bond donors (Lipinski definition) is 0. The van der Waals surface area contributed by atoms with Crippen molar-refractivity contribution >= 4 is 15.9 Å². The predicted octanol–water partition coefficient (Wildman–Crippen LogP) is 5.55. The Morgan fingerprint density at radius 3 is 2.38 bits per heavy atom. The van der Waals surface area contributed by atoms with Crippen LogP contribution in [-0.2, 0) is 5.41 Å². The first kappa shape index (κ1) is 15.5. The largest absolute Gasteiger partial charge is 0.454 e. The molecular weight excluding hydrogens is 333 g/mol. The van der Waals surface area contributed by atoms with Crippen molar-refractivity contribution in [3.8, 4) is 17.6 Å². The predicted molar refractivity (Wildman–Crippen MR) is 84.0 cm³/mol. The molecule has 0 saturated heterocycles. The van der Waals surface area contributed by atoms with Gasteiger partial charge in [0, 0.05) is 5.56 Å². The third-order valence-corrected chi connectivity index (χ3v) is 3.86. The average Bonchev–Trinajstić information content (AvgIpc) is 2.44. The summed E-state index contributed by atoms with van der Waals surface area (Å²) in [6, 6.07) is 12.5. The second-order valence-corrected chi connectivity index (χ2v) is 6.49. The minimum atomic E-state index is -0.572. The molecule has 0 radical (unpaired) electrons. The Labute approximate surface area is 132 Å². The fourth-order valence-electron chi connectivity index (χ4n) is 1.99. The molecule has 0 aromatic heterocycles. The number of rotatable bonds is 2. The van der Waals surface area contributed by atoms with Crippen LogP contribution < -0.4 is 4.74 Å². The molecule has 0 fully saturated rings. The van der Waals surface area contributed by atoms with Crippen LogP contribution in [0.3, 0.4) is 0 Å². The fraction of sp³-hybridized carbons (Fsp3) is 0.235. The van der Waals surface area contributed by atoms with Gasteiger partial charge in [0.05, 0.1) is 10.0 Å². The summed E-state index contributed by atoms with van der Waals surface area (Å²) in [6.45, 7) is 6.21. The first-order chi connectivity index (χ1) is 9.84. The highest BCUT2D eigenvalue weighted by Gasteiger charge is 2.20. The quantitative estimate of drug-likeness (QED) is 0.713. The molecule has 0 heterocycles. The molecule has 0 atom stereocenters. The van der Waals surface area contributed by atoms with Crippen LogP contribution in [0.25, 0.3) is 0 Å². The minimum absolute atomic E-state index is 0.0950. The fourth-order valence-corrected chi connectivity index (χ4v) is 2.41. The zero-order valence-electron chi connectivity index (χ0n) is 12.1. The van der Waals surface area contributed by atoms with E-state index in [1.807, 2.05) is 30.3 Å². The maximum atomic E-state index is 14.2. The number of halogens is 2. The smallest absolute Gasteiger partial charge is 0.181 e. The summed E-state index contributed by atoms with van der Waals surface area (Å²) < 4.78 is 20.1. The van der Waals surface area contributed by atoms with Gasteiger partial charge in [-0.15, -0.1) is 0 Å². The number of ether oxygens (including phenoxy) is 1. The Balaban J connectivity index is 2.45. The summed E-state index contributed by atoms with van der Waals surface area (Å²) in [5, 5.41) is 8.89. The van der Waals surface area contributed by atoms with Gasteiger partial charge in [0.2, 0.25) is 0 Å². The van der Waals surface area contributed by atoms with Crippen LogP contribution in [0.15, 0.2) is 40.9 Å². The zero-order chi connectivity index (χ0) is 15.6. The van der Waals surface area contributed by atoms with Crippen LogP contribution in [0.5, 0.6) is 11.5 Å². The number of benzene rings is 2. The van der Waals surface area contributed by atoms with Crippen LogP contribution in [0.2, 0.25) is 0 Å². The first-order valence-electron chi connectivity index (χ1n) is 6.50. The van der Waals surface area contributed by atoms with Crippen molar-refractivity contribution in [3.63, 3.8) is 0 Å². The van der Waals surface area contributed by atoms with Gasteiger partial charge in [0.15, 0.2) is 11.6 Å². The van der Waals surface area contributed by atoms with Crippen LogP contribution in [0.4, 0.5) is 4.39 Å². The summed E-state index contributed by atoms with van der Waals surface area (Å²) >= 11 is 3.09. The van der Waals surface area contributed by atoms with Gasteiger partial charge in [0.1, 0.15) is 11.8 Å². The standard InChI is InChI=1S/C17H15BrFNO/c1-17(2,3)12-6-4-5-7-13(12)21-14-9-8-11(10-20)15(18)16(14)19/h4-9H,1-3H3. The molecule has 21 heavy (non-hydrogen) atoms. The lowest BCUT2D eigenvalue weighted by atomic mass is 9.86. The van der Waals surface area contributed by atoms with E-state index in [2.05, 4.69) is 36.7 Å². The molecule has 2 aromatic rings. The molecule has 4 heteroatoms. The normalized spacial score (nSPS) is 11.0. The molecule has 0 amide bonds. The molecule has 0 saturated carbocycles. The van der Waals surface area contributed by atoms with E-state index >= 15 is 0 Å². The molecule has 0 aliphatic rings. The zero-order valence-corrected chi connectivity index (χ0v) is 13.7. The highest BCUT2D eigenvalue weighted by molar-refractivity contribution is 9.10. The average molecular weight is 348 g/mol. The lowest BCUT2D eigenvalue weighted by Crippen LogP contribution is -2.12.